The number of nitrogens with zero attached hydrogens (tertiary/aromatic N) is 6. The van der Waals surface area contributed by atoms with E-state index in [0.717, 1.165) is 122 Å². The number of phenols is 2. The molecule has 8 aromatic rings. The fourth-order valence-corrected chi connectivity index (χ4v) is 25.1. The van der Waals surface area contributed by atoms with Crippen LogP contribution < -0.4 is 39.1 Å². The molecule has 14 aliphatic rings. The van der Waals surface area contributed by atoms with Crippen molar-refractivity contribution in [1.82, 2.24) is 40.2 Å². The maximum absolute atomic E-state index is 15.0. The number of benzene rings is 6. The third kappa shape index (κ3) is 11.3. The first-order valence-electron chi connectivity index (χ1n) is 38.3. The molecule has 0 aliphatic carbocycles. The number of aliphatic hydroxyl groups excluding tert-OH is 1. The standard InChI is InChI=1S/C42H43N5O8S.C41H44N4O9S.Ag.HNO3/c1-17-7-8-24-22(9-17)23-12-25(40(49)50)45-42(39(23)44-24)15-56-38-29-19(3)20(4)36-37(55-16-54-36)31(29)28(14-53-41(42)51)47-27(13-43)26-11-21-10-18(2)35(52-6)34(48)30(21)32(33(38)47)46(26)5;1-16-7-8-23-21(9-16)22-12-24(39(48)49)43-41(37(22)42-23)14-55-36-27-18(3)19(4)34-35(54-15-53-34)29(27)26(13-52-40(41)50)45-31(36)30-28-20(11-25(38(45)47)44(30)5)10-17(2)33(51-6)32(28)46;;2-1(3)4/h7-10,25-28,32-33,38,44-45,48H,11-12,14-16H2,1-6H3,(H,49,50);7-10,24-26,30-31,36,38,42-43,46-47H,11-15H2,1-6H3,(H,48,49);;(H,2,3,4)/t25-,26-,27-,28-,32+,33+,38+,42+;24-,25-,26-,30+,31+,36+,38-,41+;;/m00../s1. The van der Waals surface area contributed by atoms with Gasteiger partial charge in [0.1, 0.15) is 37.6 Å². The number of ether oxygens (including phenoxy) is 8. The number of esters is 2. The molecule has 116 heavy (non-hydrogen) atoms. The molecule has 14 aliphatic heterocycles. The number of aromatic nitrogens is 2. The van der Waals surface area contributed by atoms with Crippen LogP contribution in [0.5, 0.6) is 46.0 Å². The smallest absolute Gasteiger partial charge is 0.333 e. The number of hydrogen-bond donors (Lipinski definition) is 10. The van der Waals surface area contributed by atoms with Crippen molar-refractivity contribution < 1.29 is 115 Å². The van der Waals surface area contributed by atoms with Crippen molar-refractivity contribution in [1.29, 1.82) is 5.26 Å². The zero-order valence-corrected chi connectivity index (χ0v) is 68.6. The minimum absolute atomic E-state index is 0. The zero-order chi connectivity index (χ0) is 81.1. The van der Waals surface area contributed by atoms with E-state index in [-0.39, 0.29) is 97.1 Å². The maximum Gasteiger partial charge on any atom is 0.333 e. The molecule has 0 amide bonds. The van der Waals surface area contributed by atoms with Gasteiger partial charge < -0.3 is 78.6 Å². The Balaban J connectivity index is 0.000000158. The molecule has 22 rings (SSSR count). The van der Waals surface area contributed by atoms with Crippen LogP contribution in [0.1, 0.15) is 146 Å². The van der Waals surface area contributed by atoms with Crippen molar-refractivity contribution in [3.63, 3.8) is 0 Å². The molecular weight excluding hydrogens is 1630 g/mol. The molecule has 8 bridgehead atoms. The Labute approximate surface area is 689 Å². The number of piperazine rings is 2. The van der Waals surface area contributed by atoms with Gasteiger partial charge in [0, 0.05) is 119 Å². The summed E-state index contributed by atoms with van der Waals surface area (Å²) in [4.78, 5) is 79.8. The van der Waals surface area contributed by atoms with Crippen molar-refractivity contribution in [2.75, 3.05) is 66.6 Å². The van der Waals surface area contributed by atoms with Gasteiger partial charge in [-0.3, -0.25) is 39.8 Å². The molecule has 33 heteroatoms. The molecule has 2 spiro atoms. The van der Waals surface area contributed by atoms with Crippen LogP contribution in [0, 0.1) is 76.8 Å². The summed E-state index contributed by atoms with van der Waals surface area (Å²) in [6.45, 7) is 15.8. The molecule has 0 saturated carbocycles. The Bertz CT molecular complexity index is 5610. The number of aryl methyl sites for hydroxylation is 4. The Morgan fingerprint density at radius 3 is 1.42 bits per heavy atom. The van der Waals surface area contributed by atoms with Gasteiger partial charge in [0.25, 0.3) is 5.09 Å². The zero-order valence-electron chi connectivity index (χ0n) is 65.5. The molecular formula is C83H88AgN10O20S2. The molecule has 16 heterocycles. The number of aromatic hydroxyl groups is 2. The van der Waals surface area contributed by atoms with Crippen LogP contribution in [-0.4, -0.2) is 204 Å². The number of thioether (sulfide) groups is 2. The predicted molar refractivity (Wildman–Crippen MR) is 418 cm³/mol. The number of methoxy groups -OCH3 is 2. The Morgan fingerprint density at radius 1 is 0.595 bits per heavy atom. The van der Waals surface area contributed by atoms with Gasteiger partial charge in [0.15, 0.2) is 57.1 Å². The molecule has 30 nitrogen and oxygen atoms in total. The van der Waals surface area contributed by atoms with Crippen LogP contribution in [0.25, 0.3) is 21.8 Å². The second kappa shape index (κ2) is 28.7. The number of phenolic OH excluding ortho intramolecular Hbond substituents is 2. The number of rotatable bonds is 4. The molecule has 6 aromatic carbocycles. The van der Waals surface area contributed by atoms with Crippen LogP contribution in [-0.2, 0) is 87.8 Å². The number of fused-ring (bicyclic) bond motifs is 22. The first kappa shape index (κ1) is 79.0. The number of nitriles is 1. The van der Waals surface area contributed by atoms with Crippen molar-refractivity contribution in [2.45, 2.75) is 175 Å². The van der Waals surface area contributed by atoms with Crippen LogP contribution >= 0.6 is 23.5 Å². The van der Waals surface area contributed by atoms with Gasteiger partial charge in [-0.25, -0.2) is 9.59 Å². The van der Waals surface area contributed by atoms with E-state index < -0.39 is 111 Å². The number of hydrogen-bond acceptors (Lipinski definition) is 26. The third-order valence-electron chi connectivity index (χ3n) is 26.8. The van der Waals surface area contributed by atoms with Crippen LogP contribution in [0.15, 0.2) is 48.5 Å². The summed E-state index contributed by atoms with van der Waals surface area (Å²) in [7, 11) is 7.15. The van der Waals surface area contributed by atoms with E-state index in [0.29, 0.717) is 58.7 Å². The summed E-state index contributed by atoms with van der Waals surface area (Å²) in [5.41, 5.74) is 16.0. The predicted octanol–water partition coefficient (Wildman–Crippen LogP) is 8.87. The summed E-state index contributed by atoms with van der Waals surface area (Å²) >= 11 is 3.07. The largest absolute Gasteiger partial charge is 0.504 e. The van der Waals surface area contributed by atoms with Gasteiger partial charge in [0.2, 0.25) is 13.6 Å². The minimum Gasteiger partial charge on any atom is -0.504 e. The number of carboxylic acids is 2. The number of carbonyl (C=O) groups excluding carboxylic acids is 2. The van der Waals surface area contributed by atoms with E-state index in [2.05, 4.69) is 72.3 Å². The Kier molecular flexibility index (Phi) is 19.5. The molecule has 10 N–H and O–H groups in total. The number of H-pyrrole nitrogens is 2. The molecule has 16 atom stereocenters. The summed E-state index contributed by atoms with van der Waals surface area (Å²) < 4.78 is 49.1. The van der Waals surface area contributed by atoms with E-state index in [4.69, 9.17) is 53.2 Å². The number of nitrogens with one attached hydrogen (secondary N) is 4. The Morgan fingerprint density at radius 2 is 1.00 bits per heavy atom. The summed E-state index contributed by atoms with van der Waals surface area (Å²) in [6.07, 6.45) is 0.411. The van der Waals surface area contributed by atoms with Gasteiger partial charge in [0.05, 0.1) is 61.9 Å². The number of carboxylic acid groups (broad SMARTS) is 2. The normalized spacial score (nSPS) is 29.4. The van der Waals surface area contributed by atoms with Gasteiger partial charge >= 0.3 is 23.9 Å². The van der Waals surface area contributed by atoms with Crippen LogP contribution in [0.4, 0.5) is 0 Å². The van der Waals surface area contributed by atoms with Crippen LogP contribution in [0.3, 0.4) is 0 Å². The van der Waals surface area contributed by atoms with Gasteiger partial charge in [-0.2, -0.15) is 5.26 Å². The molecule has 1 radical (unpaired) electrons. The van der Waals surface area contributed by atoms with E-state index >= 15 is 0 Å². The van der Waals surface area contributed by atoms with E-state index in [1.807, 2.05) is 92.0 Å². The number of aromatic amines is 2. The average molecular weight is 1720 g/mol. The fourth-order valence-electron chi connectivity index (χ4n) is 21.7. The first-order chi connectivity index (χ1) is 55.0. The monoisotopic (exact) mass is 1720 g/mol. The number of carbonyl (C=O) groups is 4. The number of aliphatic carboxylic acids is 2. The van der Waals surface area contributed by atoms with Crippen molar-refractivity contribution in [3.05, 3.63) is 170 Å². The molecule has 0 unspecified atom stereocenters. The second-order valence-electron chi connectivity index (χ2n) is 32.5. The molecule has 4 fully saturated rings. The fraction of sp³-hybridized carbons (Fsp3) is 0.458. The molecule has 613 valence electrons. The maximum atomic E-state index is 15.0. The second-order valence-corrected chi connectivity index (χ2v) is 34.7. The third-order valence-corrected chi connectivity index (χ3v) is 29.8. The van der Waals surface area contributed by atoms with E-state index in [1.165, 1.54) is 11.8 Å². The number of aliphatic hydroxyl groups is 1. The van der Waals surface area contributed by atoms with Crippen molar-refractivity contribution in [3.8, 4) is 52.1 Å². The SMILES string of the molecule is COc1c(C)cc2c(c1O)[C@@H]1[C@@H]3[C@@H]4SC[C@]5(N[C@H](C(=O)O)Cc6c5[nH]c5ccc(C)cc65)C(=O)OC[C@@H](c5c6c(c(C)c(C)c54)OCO6)N3[C@@H](C#N)[C@H](C2)N1C.COc1c(C)cc2c(c1O)[C@@H]1[C@@H]3[C@@H]4SC[C@]5(N[C@H](C(=O)O)Cc6c5[nH]c5ccc(C)cc65)C(=O)OC[C@@H](c5c6c(c(C)c(C)c54)OCO6)N3[C@@H](O)[C@H](C2)N1C.O=[N+]([O-])O.[Ag]. The summed E-state index contributed by atoms with van der Waals surface area (Å²) in [5, 5.41) is 90.1. The van der Waals surface area contributed by atoms with E-state index in [9.17, 15) is 50.0 Å². The number of likely N-dealkylation sites (N-methyl/N-ethyl adjacent to an activating group) is 2. The molecule has 4 saturated heterocycles. The van der Waals surface area contributed by atoms with Gasteiger partial charge in [-0.1, -0.05) is 35.4 Å². The quantitative estimate of drug-likeness (QED) is 0.0340. The molecule has 2 aromatic heterocycles. The van der Waals surface area contributed by atoms with Crippen molar-refractivity contribution >= 4 is 69.2 Å². The summed E-state index contributed by atoms with van der Waals surface area (Å²) in [5.74, 6) is 0.397. The minimum atomic E-state index is -1.55. The van der Waals surface area contributed by atoms with Gasteiger partial charge in [-0.05, 0) is 173 Å². The average Bonchev–Trinajstić information content (AvgIpc) is 0.917. The first-order valence-corrected chi connectivity index (χ1v) is 40.4. The van der Waals surface area contributed by atoms with Crippen molar-refractivity contribution in [2.24, 2.45) is 0 Å². The Hall–Kier alpha value is -9.47. The van der Waals surface area contributed by atoms with Crippen LogP contribution in [0.2, 0.25) is 0 Å². The van der Waals surface area contributed by atoms with E-state index in [1.54, 1.807) is 26.0 Å². The topological polar surface area (TPSA) is 399 Å². The van der Waals surface area contributed by atoms with Gasteiger partial charge in [-0.15, -0.1) is 33.6 Å². The summed E-state index contributed by atoms with van der Waals surface area (Å²) in [6, 6.07) is 12.5.